The van der Waals surface area contributed by atoms with Crippen molar-refractivity contribution in [2.75, 3.05) is 11.9 Å². The van der Waals surface area contributed by atoms with Crippen LogP contribution in [0.3, 0.4) is 0 Å². The molecule has 0 unspecified atom stereocenters. The van der Waals surface area contributed by atoms with E-state index >= 15 is 0 Å². The van der Waals surface area contributed by atoms with E-state index in [4.69, 9.17) is 0 Å². The summed E-state index contributed by atoms with van der Waals surface area (Å²) in [5, 5.41) is 5.16. The summed E-state index contributed by atoms with van der Waals surface area (Å²) in [4.78, 5) is 4.55. The second-order valence-corrected chi connectivity index (χ2v) is 5.75. The zero-order chi connectivity index (χ0) is 14.2. The summed E-state index contributed by atoms with van der Waals surface area (Å²) in [6.45, 7) is 0.932. The number of aromatic nitrogens is 1. The largest absolute Gasteiger partial charge is 0.416 e. The average molecular weight is 298 g/mol. The normalized spacial score (nSPS) is 15.3. The van der Waals surface area contributed by atoms with Gasteiger partial charge in [-0.3, -0.25) is 0 Å². The number of aryl methyl sites for hydroxylation is 1. The summed E-state index contributed by atoms with van der Waals surface area (Å²) in [5.41, 5.74) is 1.14. The van der Waals surface area contributed by atoms with E-state index in [-0.39, 0.29) is 0 Å². The minimum atomic E-state index is -4.29. The molecule has 0 fully saturated rings. The van der Waals surface area contributed by atoms with Crippen LogP contribution in [0.25, 0.3) is 10.6 Å². The molecule has 3 rings (SSSR count). The van der Waals surface area contributed by atoms with Gasteiger partial charge in [0.1, 0.15) is 10.0 Å². The SMILES string of the molecule is FC(F)(F)c1ccc(-c2nc3c(s2)NCCCC3)cc1. The smallest absolute Gasteiger partial charge is 0.375 e. The fraction of sp³-hybridized carbons (Fsp3) is 0.357. The summed E-state index contributed by atoms with van der Waals surface area (Å²) in [6, 6.07) is 5.19. The second kappa shape index (κ2) is 5.09. The van der Waals surface area contributed by atoms with Gasteiger partial charge in [0.25, 0.3) is 0 Å². The van der Waals surface area contributed by atoms with Crippen LogP contribution in [0.4, 0.5) is 18.2 Å². The zero-order valence-electron chi connectivity index (χ0n) is 10.6. The van der Waals surface area contributed by atoms with E-state index in [1.807, 2.05) is 0 Å². The predicted octanol–water partition coefficient (Wildman–Crippen LogP) is 4.58. The van der Waals surface area contributed by atoms with Crippen molar-refractivity contribution in [1.82, 2.24) is 4.98 Å². The highest BCUT2D eigenvalue weighted by Crippen LogP contribution is 2.36. The molecule has 2 nitrogen and oxygen atoms in total. The van der Waals surface area contributed by atoms with Gasteiger partial charge in [0, 0.05) is 12.1 Å². The molecule has 1 aliphatic rings. The lowest BCUT2D eigenvalue weighted by Crippen LogP contribution is -2.03. The number of benzene rings is 1. The molecular weight excluding hydrogens is 285 g/mol. The molecule has 0 spiro atoms. The van der Waals surface area contributed by atoms with Gasteiger partial charge in [0.15, 0.2) is 0 Å². The van der Waals surface area contributed by atoms with Crippen LogP contribution in [0.15, 0.2) is 24.3 Å². The average Bonchev–Trinajstić information content (AvgIpc) is 2.69. The van der Waals surface area contributed by atoms with Gasteiger partial charge in [-0.2, -0.15) is 13.2 Å². The monoisotopic (exact) mass is 298 g/mol. The van der Waals surface area contributed by atoms with Crippen LogP contribution < -0.4 is 5.32 Å². The molecule has 1 aromatic carbocycles. The van der Waals surface area contributed by atoms with Crippen molar-refractivity contribution < 1.29 is 13.2 Å². The van der Waals surface area contributed by atoms with Crippen molar-refractivity contribution >= 4 is 16.3 Å². The van der Waals surface area contributed by atoms with Gasteiger partial charge in [-0.25, -0.2) is 4.98 Å². The molecule has 2 heterocycles. The fourth-order valence-electron chi connectivity index (χ4n) is 2.20. The summed E-state index contributed by atoms with van der Waals surface area (Å²) >= 11 is 1.51. The maximum atomic E-state index is 12.5. The molecule has 1 aromatic heterocycles. The van der Waals surface area contributed by atoms with Crippen molar-refractivity contribution in [3.8, 4) is 10.6 Å². The van der Waals surface area contributed by atoms with Crippen molar-refractivity contribution in [2.24, 2.45) is 0 Å². The summed E-state index contributed by atoms with van der Waals surface area (Å²) in [5.74, 6) is 0. The summed E-state index contributed by atoms with van der Waals surface area (Å²) in [7, 11) is 0. The van der Waals surface area contributed by atoms with Crippen molar-refractivity contribution in [1.29, 1.82) is 0 Å². The number of nitrogens with zero attached hydrogens (tertiary/aromatic N) is 1. The van der Waals surface area contributed by atoms with Crippen LogP contribution >= 0.6 is 11.3 Å². The molecular formula is C14H13F3N2S. The first-order valence-corrected chi connectivity index (χ1v) is 7.27. The molecule has 2 aromatic rings. The van der Waals surface area contributed by atoms with E-state index in [0.717, 1.165) is 59.2 Å². The molecule has 0 bridgehead atoms. The third-order valence-electron chi connectivity index (χ3n) is 3.28. The molecule has 0 aliphatic carbocycles. The Hall–Kier alpha value is -1.56. The number of halogens is 3. The highest BCUT2D eigenvalue weighted by Gasteiger charge is 2.30. The lowest BCUT2D eigenvalue weighted by atomic mass is 10.1. The number of fused-ring (bicyclic) bond motifs is 1. The van der Waals surface area contributed by atoms with Crippen molar-refractivity contribution in [2.45, 2.75) is 25.4 Å². The number of rotatable bonds is 1. The van der Waals surface area contributed by atoms with E-state index in [1.54, 1.807) is 0 Å². The van der Waals surface area contributed by atoms with Gasteiger partial charge in [-0.1, -0.05) is 23.5 Å². The topological polar surface area (TPSA) is 24.9 Å². The number of hydrogen-bond donors (Lipinski definition) is 1. The van der Waals surface area contributed by atoms with Crippen LogP contribution in [0.5, 0.6) is 0 Å². The maximum absolute atomic E-state index is 12.5. The van der Waals surface area contributed by atoms with Gasteiger partial charge in [-0.05, 0) is 31.4 Å². The Kier molecular flexibility index (Phi) is 3.41. The minimum absolute atomic E-state index is 0.627. The van der Waals surface area contributed by atoms with Crippen LogP contribution in [0.2, 0.25) is 0 Å². The standard InChI is InChI=1S/C14H13F3N2S/c15-14(16,17)10-6-4-9(5-7-10)12-19-11-3-1-2-8-18-13(11)20-12/h4-7,18H,1-3,8H2. The molecule has 0 amide bonds. The Morgan fingerprint density at radius 2 is 1.85 bits per heavy atom. The molecule has 0 saturated heterocycles. The number of hydrogen-bond acceptors (Lipinski definition) is 3. The van der Waals surface area contributed by atoms with Gasteiger partial charge in [-0.15, -0.1) is 0 Å². The van der Waals surface area contributed by atoms with E-state index < -0.39 is 11.7 Å². The highest BCUT2D eigenvalue weighted by atomic mass is 32.1. The van der Waals surface area contributed by atoms with Crippen LogP contribution in [0.1, 0.15) is 24.1 Å². The molecule has 0 saturated carbocycles. The Morgan fingerprint density at radius 1 is 1.10 bits per heavy atom. The van der Waals surface area contributed by atoms with Crippen molar-refractivity contribution in [3.05, 3.63) is 35.5 Å². The molecule has 106 valence electrons. The van der Waals surface area contributed by atoms with E-state index in [1.165, 1.54) is 23.5 Å². The predicted molar refractivity (Wildman–Crippen MR) is 74.0 cm³/mol. The molecule has 20 heavy (non-hydrogen) atoms. The van der Waals surface area contributed by atoms with E-state index in [2.05, 4.69) is 10.3 Å². The van der Waals surface area contributed by atoms with Crippen LogP contribution in [-0.4, -0.2) is 11.5 Å². The van der Waals surface area contributed by atoms with Gasteiger partial charge >= 0.3 is 6.18 Å². The third kappa shape index (κ3) is 2.65. The molecule has 1 N–H and O–H groups in total. The second-order valence-electron chi connectivity index (χ2n) is 4.75. The Labute approximate surface area is 118 Å². The maximum Gasteiger partial charge on any atom is 0.416 e. The Balaban J connectivity index is 1.90. The first kappa shape index (κ1) is 13.4. The summed E-state index contributed by atoms with van der Waals surface area (Å²) < 4.78 is 37.6. The quantitative estimate of drug-likeness (QED) is 0.833. The molecule has 0 radical (unpaired) electrons. The van der Waals surface area contributed by atoms with Gasteiger partial charge < -0.3 is 5.32 Å². The zero-order valence-corrected chi connectivity index (χ0v) is 11.4. The molecule has 0 atom stereocenters. The van der Waals surface area contributed by atoms with Gasteiger partial charge in [0.2, 0.25) is 0 Å². The minimum Gasteiger partial charge on any atom is -0.375 e. The lowest BCUT2D eigenvalue weighted by molar-refractivity contribution is -0.137. The van der Waals surface area contributed by atoms with Crippen LogP contribution in [0, 0.1) is 0 Å². The van der Waals surface area contributed by atoms with E-state index in [0.29, 0.717) is 0 Å². The Bertz CT molecular complexity index is 578. The fourth-order valence-corrected chi connectivity index (χ4v) is 3.25. The molecule has 6 heteroatoms. The van der Waals surface area contributed by atoms with Gasteiger partial charge in [0.05, 0.1) is 11.3 Å². The number of alkyl halides is 3. The first-order valence-electron chi connectivity index (χ1n) is 6.45. The third-order valence-corrected chi connectivity index (χ3v) is 4.39. The highest BCUT2D eigenvalue weighted by molar-refractivity contribution is 7.19. The Morgan fingerprint density at radius 3 is 2.55 bits per heavy atom. The lowest BCUT2D eigenvalue weighted by Gasteiger charge is -2.06. The van der Waals surface area contributed by atoms with Crippen molar-refractivity contribution in [3.63, 3.8) is 0 Å². The number of anilines is 1. The van der Waals surface area contributed by atoms with E-state index in [9.17, 15) is 13.2 Å². The summed E-state index contributed by atoms with van der Waals surface area (Å²) in [6.07, 6.45) is -1.14. The first-order chi connectivity index (χ1) is 9.54. The number of nitrogens with one attached hydrogen (secondary N) is 1. The van der Waals surface area contributed by atoms with Crippen LogP contribution in [-0.2, 0) is 12.6 Å². The number of thiazole rings is 1. The molecule has 1 aliphatic heterocycles.